The van der Waals surface area contributed by atoms with Crippen LogP contribution in [0.25, 0.3) is 0 Å². The van der Waals surface area contributed by atoms with Gasteiger partial charge in [-0.2, -0.15) is 0 Å². The molecule has 1 aliphatic heterocycles. The molecule has 372 valence electrons. The molecule has 0 aliphatic carbocycles. The average Bonchev–Trinajstić information content (AvgIpc) is 3.61. The van der Waals surface area contributed by atoms with Crippen molar-refractivity contribution in [3.63, 3.8) is 0 Å². The van der Waals surface area contributed by atoms with E-state index < -0.39 is 5.92 Å². The van der Waals surface area contributed by atoms with Crippen molar-refractivity contribution < 1.29 is 80.6 Å². The molecule has 0 radical (unpaired) electrons. The fourth-order valence-corrected chi connectivity index (χ4v) is 5.75. The van der Waals surface area contributed by atoms with Gasteiger partial charge in [0.25, 0.3) is 0 Å². The molecule has 0 bridgehead atoms. The van der Waals surface area contributed by atoms with Crippen molar-refractivity contribution in [1.82, 2.24) is 15.2 Å². The van der Waals surface area contributed by atoms with Crippen molar-refractivity contribution in [2.75, 3.05) is 218 Å². The maximum Gasteiger partial charge on any atom is 0.226 e. The average molecular weight is 923 g/mol. The Balaban J connectivity index is 1.16. The zero-order chi connectivity index (χ0) is 45.6. The van der Waals surface area contributed by atoms with E-state index in [0.29, 0.717) is 211 Å². The van der Waals surface area contributed by atoms with E-state index in [1.165, 1.54) is 0 Å². The summed E-state index contributed by atoms with van der Waals surface area (Å²) in [6, 6.07) is 3.36. The van der Waals surface area contributed by atoms with Gasteiger partial charge in [-0.05, 0) is 11.6 Å². The first kappa shape index (κ1) is 57.6. The maximum absolute atomic E-state index is 12.8. The highest BCUT2D eigenvalue weighted by Crippen LogP contribution is 2.36. The number of amides is 2. The number of aromatic nitrogens is 1. The molecule has 1 saturated heterocycles. The Morgan fingerprint density at radius 3 is 1.11 bits per heavy atom. The lowest BCUT2D eigenvalue weighted by molar-refractivity contribution is -0.128. The molecule has 2 heterocycles. The van der Waals surface area contributed by atoms with Gasteiger partial charge in [-0.3, -0.25) is 14.6 Å². The van der Waals surface area contributed by atoms with Crippen LogP contribution >= 0.6 is 0 Å². The predicted octanol–water partition coefficient (Wildman–Crippen LogP) is -0.0751. The number of likely N-dealkylation sites (tertiary alicyclic amines) is 1. The van der Waals surface area contributed by atoms with Crippen LogP contribution in [-0.2, 0) is 80.6 Å². The third-order valence-electron chi connectivity index (χ3n) is 8.96. The number of nitrogens with one attached hydrogen (secondary N) is 1. The van der Waals surface area contributed by atoms with Gasteiger partial charge in [-0.25, -0.2) is 0 Å². The highest BCUT2D eigenvalue weighted by Gasteiger charge is 2.42. The summed E-state index contributed by atoms with van der Waals surface area (Å²) < 4.78 is 82.1. The summed E-state index contributed by atoms with van der Waals surface area (Å²) in [6.45, 7) is 15.3. The van der Waals surface area contributed by atoms with Gasteiger partial charge >= 0.3 is 0 Å². The van der Waals surface area contributed by atoms with E-state index in [2.05, 4.69) is 10.3 Å². The Kier molecular flexibility index (Phi) is 39.8. The second kappa shape index (κ2) is 44.3. The van der Waals surface area contributed by atoms with Crippen LogP contribution in [0.3, 0.4) is 0 Å². The van der Waals surface area contributed by atoms with E-state index >= 15 is 0 Å². The van der Waals surface area contributed by atoms with Crippen molar-refractivity contribution >= 4 is 11.8 Å². The number of hydrogen-bond donors (Lipinski definition) is 2. The molecule has 2 amide bonds. The molecule has 2 rings (SSSR count). The zero-order valence-electron chi connectivity index (χ0n) is 38.2. The van der Waals surface area contributed by atoms with E-state index in [-0.39, 0.29) is 24.3 Å². The summed E-state index contributed by atoms with van der Waals surface area (Å²) in [7, 11) is 1.72. The maximum atomic E-state index is 12.8. The molecular weight excluding hydrogens is 844 g/mol. The Hall–Kier alpha value is -2.55. The van der Waals surface area contributed by atoms with Gasteiger partial charge in [0.2, 0.25) is 11.8 Å². The molecule has 21 heteroatoms. The highest BCUT2D eigenvalue weighted by molar-refractivity contribution is 5.90. The van der Waals surface area contributed by atoms with E-state index in [0.717, 1.165) is 5.56 Å². The van der Waals surface area contributed by atoms with E-state index in [1.807, 2.05) is 6.07 Å². The van der Waals surface area contributed by atoms with Crippen molar-refractivity contribution in [2.24, 2.45) is 11.7 Å². The van der Waals surface area contributed by atoms with E-state index in [1.54, 1.807) is 30.4 Å². The Morgan fingerprint density at radius 2 is 0.828 bits per heavy atom. The molecular formula is C43H78N4O17. The zero-order valence-corrected chi connectivity index (χ0v) is 38.2. The molecule has 2 unspecified atom stereocenters. The normalized spacial score (nSPS) is 15.2. The van der Waals surface area contributed by atoms with Crippen LogP contribution in [0.15, 0.2) is 24.5 Å². The lowest BCUT2D eigenvalue weighted by Crippen LogP contribution is -2.36. The van der Waals surface area contributed by atoms with Crippen molar-refractivity contribution in [3.8, 4) is 0 Å². The lowest BCUT2D eigenvalue weighted by Gasteiger charge is -2.24. The van der Waals surface area contributed by atoms with Crippen LogP contribution in [0.1, 0.15) is 18.0 Å². The molecule has 1 fully saturated rings. The summed E-state index contributed by atoms with van der Waals surface area (Å²) in [5.74, 6) is -0.693. The van der Waals surface area contributed by atoms with Crippen LogP contribution < -0.4 is 11.1 Å². The second-order valence-corrected chi connectivity index (χ2v) is 13.8. The summed E-state index contributed by atoms with van der Waals surface area (Å²) >= 11 is 0. The minimum atomic E-state index is -0.465. The molecule has 3 N–H and O–H groups in total. The molecule has 0 saturated carbocycles. The summed E-state index contributed by atoms with van der Waals surface area (Å²) in [6.07, 6.45) is 3.54. The number of ether oxygens (including phenoxy) is 15. The number of carbonyl (C=O) groups is 2. The summed E-state index contributed by atoms with van der Waals surface area (Å²) in [5.41, 5.74) is 6.18. The van der Waals surface area contributed by atoms with Crippen molar-refractivity contribution in [2.45, 2.75) is 12.5 Å². The van der Waals surface area contributed by atoms with Gasteiger partial charge < -0.3 is 87.0 Å². The Labute approximate surface area is 379 Å². The highest BCUT2D eigenvalue weighted by atomic mass is 16.6. The van der Waals surface area contributed by atoms with Crippen LogP contribution in [0.4, 0.5) is 0 Å². The van der Waals surface area contributed by atoms with Gasteiger partial charge in [0.05, 0.1) is 210 Å². The van der Waals surface area contributed by atoms with Gasteiger partial charge in [0.15, 0.2) is 0 Å². The van der Waals surface area contributed by atoms with Crippen molar-refractivity contribution in [3.05, 3.63) is 30.1 Å². The Bertz CT molecular complexity index is 1190. The molecule has 0 aromatic carbocycles. The molecule has 21 nitrogen and oxygen atoms in total. The third kappa shape index (κ3) is 33.0. The fourth-order valence-electron chi connectivity index (χ4n) is 5.75. The quantitative estimate of drug-likeness (QED) is 0.0816. The monoisotopic (exact) mass is 923 g/mol. The molecule has 1 aromatic rings. The smallest absolute Gasteiger partial charge is 0.226 e. The first-order valence-corrected chi connectivity index (χ1v) is 22.4. The van der Waals surface area contributed by atoms with Gasteiger partial charge in [0.1, 0.15) is 0 Å². The van der Waals surface area contributed by atoms with E-state index in [4.69, 9.17) is 76.8 Å². The minimum Gasteiger partial charge on any atom is -0.378 e. The standard InChI is InChI=1S/C43H78N4O17/c1-47-41(48)37-40(42(47)39-3-2-5-45-38-39)43(49)46-6-8-51-10-12-53-14-16-55-18-20-57-22-24-59-26-28-61-30-32-63-34-36-64-35-33-62-31-29-60-27-25-58-23-21-56-19-17-54-15-13-52-11-9-50-7-4-44/h2-3,5,38,40,42H,4,6-37,44H2,1H3,(H,46,49). The molecule has 1 aromatic heterocycles. The number of pyridine rings is 1. The molecule has 2 atom stereocenters. The third-order valence-corrected chi connectivity index (χ3v) is 8.96. The van der Waals surface area contributed by atoms with Crippen LogP contribution in [0.2, 0.25) is 0 Å². The van der Waals surface area contributed by atoms with Crippen LogP contribution in [0.5, 0.6) is 0 Å². The number of rotatable bonds is 49. The van der Waals surface area contributed by atoms with E-state index in [9.17, 15) is 9.59 Å². The predicted molar refractivity (Wildman–Crippen MR) is 232 cm³/mol. The Morgan fingerprint density at radius 1 is 0.531 bits per heavy atom. The van der Waals surface area contributed by atoms with Gasteiger partial charge in [0, 0.05) is 39.0 Å². The lowest BCUT2D eigenvalue weighted by atomic mass is 9.94. The number of carbonyl (C=O) groups excluding carboxylic acids is 2. The van der Waals surface area contributed by atoms with Gasteiger partial charge in [-0.1, -0.05) is 6.07 Å². The molecule has 0 spiro atoms. The first-order valence-electron chi connectivity index (χ1n) is 22.4. The van der Waals surface area contributed by atoms with Crippen LogP contribution in [-0.4, -0.2) is 240 Å². The van der Waals surface area contributed by atoms with Gasteiger partial charge in [-0.15, -0.1) is 0 Å². The summed E-state index contributed by atoms with van der Waals surface area (Å²) in [4.78, 5) is 30.8. The topological polar surface area (TPSA) is 227 Å². The number of nitrogens with two attached hydrogens (primary N) is 1. The first-order chi connectivity index (χ1) is 31.6. The molecule has 1 aliphatic rings. The number of nitrogens with zero attached hydrogens (tertiary/aromatic N) is 2. The second-order valence-electron chi connectivity index (χ2n) is 13.8. The van der Waals surface area contributed by atoms with Crippen LogP contribution in [0, 0.1) is 5.92 Å². The van der Waals surface area contributed by atoms with Crippen molar-refractivity contribution in [1.29, 1.82) is 0 Å². The molecule has 64 heavy (non-hydrogen) atoms. The number of hydrogen-bond acceptors (Lipinski definition) is 19. The summed E-state index contributed by atoms with van der Waals surface area (Å²) in [5, 5.41) is 2.88. The minimum absolute atomic E-state index is 0.0594. The SMILES string of the molecule is CN1C(=O)CC(C(=O)NCCOCCOCCOCCOCCOCCOCCOCCOCCOCCOCCOCCOCCOCCOCCOCCN)C1c1cccnc1. The largest absolute Gasteiger partial charge is 0.378 e. The fraction of sp³-hybridized carbons (Fsp3) is 0.837.